The van der Waals surface area contributed by atoms with Crippen molar-refractivity contribution in [2.45, 2.75) is 44.4 Å². The third-order valence-electron chi connectivity index (χ3n) is 3.75. The fourth-order valence-corrected chi connectivity index (χ4v) is 3.61. The Morgan fingerprint density at radius 3 is 2.95 bits per heavy atom. The van der Waals surface area contributed by atoms with Crippen molar-refractivity contribution < 1.29 is 4.79 Å². The van der Waals surface area contributed by atoms with Gasteiger partial charge in [0.15, 0.2) is 0 Å². The average molecular weight is 317 g/mol. The van der Waals surface area contributed by atoms with Gasteiger partial charge in [-0.1, -0.05) is 30.0 Å². The van der Waals surface area contributed by atoms with Crippen molar-refractivity contribution in [3.63, 3.8) is 0 Å². The van der Waals surface area contributed by atoms with E-state index in [1.165, 1.54) is 17.3 Å². The molecule has 22 heavy (non-hydrogen) atoms. The van der Waals surface area contributed by atoms with Gasteiger partial charge in [-0.05, 0) is 49.2 Å². The molecular weight excluding hydrogens is 298 g/mol. The number of carbonyl (C=O) groups excluding carboxylic acids is 1. The van der Waals surface area contributed by atoms with Crippen molar-refractivity contribution in [2.75, 3.05) is 10.7 Å². The van der Waals surface area contributed by atoms with E-state index in [1.54, 1.807) is 4.68 Å². The van der Waals surface area contributed by atoms with E-state index in [9.17, 15) is 4.79 Å². The number of nitrogens with zero attached hydrogens (tertiary/aromatic N) is 5. The summed E-state index contributed by atoms with van der Waals surface area (Å²) >= 11 is 1.39. The van der Waals surface area contributed by atoms with Gasteiger partial charge in [0.25, 0.3) is 0 Å². The quantitative estimate of drug-likeness (QED) is 0.810. The molecule has 0 saturated carbocycles. The number of para-hydroxylation sites is 1. The molecule has 3 rings (SSSR count). The Bertz CT molecular complexity index is 684. The first-order chi connectivity index (χ1) is 10.6. The van der Waals surface area contributed by atoms with Crippen LogP contribution in [0.1, 0.15) is 32.4 Å². The number of anilines is 1. The summed E-state index contributed by atoms with van der Waals surface area (Å²) in [7, 11) is 0. The zero-order valence-corrected chi connectivity index (χ0v) is 13.7. The number of carbonyl (C=O) groups is 1. The Hall–Kier alpha value is -1.89. The minimum absolute atomic E-state index is 0.0979. The number of hydrogen-bond acceptors (Lipinski definition) is 5. The van der Waals surface area contributed by atoms with Crippen LogP contribution in [-0.2, 0) is 11.2 Å². The van der Waals surface area contributed by atoms with Gasteiger partial charge in [-0.3, -0.25) is 4.79 Å². The molecule has 0 bridgehead atoms. The van der Waals surface area contributed by atoms with Crippen molar-refractivity contribution in [3.05, 3.63) is 29.8 Å². The van der Waals surface area contributed by atoms with E-state index in [2.05, 4.69) is 28.5 Å². The van der Waals surface area contributed by atoms with Crippen LogP contribution < -0.4 is 4.90 Å². The van der Waals surface area contributed by atoms with Crippen LogP contribution >= 0.6 is 11.8 Å². The van der Waals surface area contributed by atoms with E-state index in [-0.39, 0.29) is 18.0 Å². The second-order valence-corrected chi connectivity index (χ2v) is 6.68. The van der Waals surface area contributed by atoms with E-state index in [0.717, 1.165) is 12.1 Å². The van der Waals surface area contributed by atoms with Gasteiger partial charge in [-0.2, -0.15) is 0 Å². The number of hydrogen-bond donors (Lipinski definition) is 0. The standard InChI is InChI=1S/C15H19N5OS/c1-10(2)20-15(16-17-18-20)22-9-14(21)19-11(3)8-12-6-4-5-7-13(12)19/h4-7,10-11H,8-9H2,1-3H3/t11-/m1/s1. The summed E-state index contributed by atoms with van der Waals surface area (Å²) in [6.07, 6.45) is 0.913. The zero-order chi connectivity index (χ0) is 15.7. The molecule has 0 unspecified atom stereocenters. The average Bonchev–Trinajstić information content (AvgIpc) is 3.07. The summed E-state index contributed by atoms with van der Waals surface area (Å²) in [6, 6.07) is 8.48. The summed E-state index contributed by atoms with van der Waals surface area (Å²) in [5.41, 5.74) is 2.27. The lowest BCUT2D eigenvalue weighted by molar-refractivity contribution is -0.116. The molecule has 1 amide bonds. The number of benzene rings is 1. The highest BCUT2D eigenvalue weighted by molar-refractivity contribution is 7.99. The molecule has 1 aromatic heterocycles. The normalized spacial score (nSPS) is 17.1. The van der Waals surface area contributed by atoms with E-state index >= 15 is 0 Å². The van der Waals surface area contributed by atoms with Gasteiger partial charge in [0.2, 0.25) is 11.1 Å². The number of aromatic nitrogens is 4. The number of rotatable bonds is 4. The smallest absolute Gasteiger partial charge is 0.237 e. The first kappa shape index (κ1) is 15.0. The van der Waals surface area contributed by atoms with Crippen LogP contribution in [0.3, 0.4) is 0 Å². The first-order valence-corrected chi connectivity index (χ1v) is 8.37. The van der Waals surface area contributed by atoms with Gasteiger partial charge >= 0.3 is 0 Å². The monoisotopic (exact) mass is 317 g/mol. The molecule has 116 valence electrons. The molecule has 7 heteroatoms. The van der Waals surface area contributed by atoms with Crippen LogP contribution in [0.4, 0.5) is 5.69 Å². The van der Waals surface area contributed by atoms with Crippen molar-refractivity contribution >= 4 is 23.4 Å². The Labute approximate surface area is 133 Å². The van der Waals surface area contributed by atoms with Crippen molar-refractivity contribution in [1.82, 2.24) is 20.2 Å². The molecule has 1 aliphatic rings. The van der Waals surface area contributed by atoms with Crippen LogP contribution in [0.15, 0.2) is 29.4 Å². The minimum Gasteiger partial charge on any atom is -0.308 e. The number of tetrazole rings is 1. The molecular formula is C15H19N5OS. The highest BCUT2D eigenvalue weighted by Gasteiger charge is 2.30. The fraction of sp³-hybridized carbons (Fsp3) is 0.467. The molecule has 2 aromatic rings. The van der Waals surface area contributed by atoms with Crippen LogP contribution in [0.25, 0.3) is 0 Å². The van der Waals surface area contributed by atoms with Crippen LogP contribution in [0.2, 0.25) is 0 Å². The first-order valence-electron chi connectivity index (χ1n) is 7.38. The van der Waals surface area contributed by atoms with Gasteiger partial charge < -0.3 is 4.90 Å². The third kappa shape index (κ3) is 2.72. The number of amides is 1. The Kier molecular flexibility index (Phi) is 4.15. The van der Waals surface area contributed by atoms with Crippen molar-refractivity contribution in [2.24, 2.45) is 0 Å². The third-order valence-corrected chi connectivity index (χ3v) is 4.67. The van der Waals surface area contributed by atoms with Gasteiger partial charge in [-0.25, -0.2) is 4.68 Å². The Morgan fingerprint density at radius 1 is 1.41 bits per heavy atom. The summed E-state index contributed by atoms with van der Waals surface area (Å²) in [5.74, 6) is 0.437. The molecule has 1 atom stereocenters. The van der Waals surface area contributed by atoms with Crippen molar-refractivity contribution in [3.8, 4) is 0 Å². The summed E-state index contributed by atoms with van der Waals surface area (Å²) in [5, 5.41) is 12.3. The predicted molar refractivity (Wildman–Crippen MR) is 86.0 cm³/mol. The largest absolute Gasteiger partial charge is 0.308 e. The van der Waals surface area contributed by atoms with Gasteiger partial charge in [0.05, 0.1) is 11.8 Å². The van der Waals surface area contributed by atoms with Gasteiger partial charge in [-0.15, -0.1) is 5.10 Å². The maximum absolute atomic E-state index is 12.6. The molecule has 6 nitrogen and oxygen atoms in total. The lowest BCUT2D eigenvalue weighted by Gasteiger charge is -2.22. The topological polar surface area (TPSA) is 63.9 Å². The lowest BCUT2D eigenvalue weighted by Crippen LogP contribution is -2.37. The summed E-state index contributed by atoms with van der Waals surface area (Å²) in [6.45, 7) is 6.11. The molecule has 0 saturated heterocycles. The molecule has 1 aliphatic heterocycles. The minimum atomic E-state index is 0.0979. The summed E-state index contributed by atoms with van der Waals surface area (Å²) < 4.78 is 1.74. The molecule has 0 radical (unpaired) electrons. The maximum Gasteiger partial charge on any atom is 0.237 e. The molecule has 2 heterocycles. The molecule has 0 aliphatic carbocycles. The van der Waals surface area contributed by atoms with Crippen molar-refractivity contribution in [1.29, 1.82) is 0 Å². The second kappa shape index (κ2) is 6.08. The number of fused-ring (bicyclic) bond motifs is 1. The zero-order valence-electron chi connectivity index (χ0n) is 12.9. The summed E-state index contributed by atoms with van der Waals surface area (Å²) in [4.78, 5) is 14.5. The molecule has 0 fully saturated rings. The highest BCUT2D eigenvalue weighted by atomic mass is 32.2. The van der Waals surface area contributed by atoms with Gasteiger partial charge in [0, 0.05) is 11.7 Å². The van der Waals surface area contributed by atoms with Gasteiger partial charge in [0.1, 0.15) is 0 Å². The second-order valence-electron chi connectivity index (χ2n) is 5.73. The van der Waals surface area contributed by atoms with Crippen LogP contribution in [0, 0.1) is 0 Å². The predicted octanol–water partition coefficient (Wildman–Crippen LogP) is 2.32. The Balaban J connectivity index is 1.71. The SMILES string of the molecule is CC(C)n1nnnc1SCC(=O)N1c2ccccc2C[C@H]1C. The molecule has 1 aromatic carbocycles. The lowest BCUT2D eigenvalue weighted by atomic mass is 10.1. The fourth-order valence-electron chi connectivity index (χ4n) is 2.75. The van der Waals surface area contributed by atoms with Crippen LogP contribution in [-0.4, -0.2) is 37.9 Å². The van der Waals surface area contributed by atoms with E-state index in [1.807, 2.05) is 36.9 Å². The maximum atomic E-state index is 12.6. The highest BCUT2D eigenvalue weighted by Crippen LogP contribution is 2.32. The van der Waals surface area contributed by atoms with E-state index < -0.39 is 0 Å². The molecule has 0 spiro atoms. The van der Waals surface area contributed by atoms with E-state index in [0.29, 0.717) is 10.9 Å². The van der Waals surface area contributed by atoms with Crippen LogP contribution in [0.5, 0.6) is 0 Å². The van der Waals surface area contributed by atoms with E-state index in [4.69, 9.17) is 0 Å². The molecule has 0 N–H and O–H groups in total. The Morgan fingerprint density at radius 2 is 2.18 bits per heavy atom. The number of thioether (sulfide) groups is 1.